The first-order valence-electron chi connectivity index (χ1n) is 12.1. The lowest BCUT2D eigenvalue weighted by Crippen LogP contribution is -2.38. The molecule has 0 aliphatic carbocycles. The van der Waals surface area contributed by atoms with E-state index in [4.69, 9.17) is 9.47 Å². The van der Waals surface area contributed by atoms with Gasteiger partial charge in [-0.05, 0) is 81.3 Å². The summed E-state index contributed by atoms with van der Waals surface area (Å²) in [6.45, 7) is 9.76. The van der Waals surface area contributed by atoms with Crippen molar-refractivity contribution in [1.82, 2.24) is 0 Å². The highest BCUT2D eigenvalue weighted by Crippen LogP contribution is 2.44. The van der Waals surface area contributed by atoms with E-state index in [-0.39, 0.29) is 18.4 Å². The average Bonchev–Trinajstić information content (AvgIpc) is 2.86. The van der Waals surface area contributed by atoms with Gasteiger partial charge in [0.25, 0.3) is 0 Å². The minimum absolute atomic E-state index is 0.217. The van der Waals surface area contributed by atoms with Crippen LogP contribution in [0.2, 0.25) is 0 Å². The van der Waals surface area contributed by atoms with Crippen molar-refractivity contribution in [2.24, 2.45) is 0 Å². The molecular weight excluding hydrogens is 443 g/mol. The Morgan fingerprint density at radius 1 is 1.11 bits per heavy atom. The molecule has 1 aliphatic rings. The van der Waals surface area contributed by atoms with Crippen molar-refractivity contribution in [3.05, 3.63) is 82.2 Å². The van der Waals surface area contributed by atoms with Crippen LogP contribution in [0.4, 0.5) is 4.39 Å². The van der Waals surface area contributed by atoms with Gasteiger partial charge in [0.1, 0.15) is 22.9 Å². The molecule has 3 aromatic carbocycles. The number of hydrogen-bond donors (Lipinski definition) is 1. The van der Waals surface area contributed by atoms with Crippen molar-refractivity contribution in [2.45, 2.75) is 65.4 Å². The molecule has 2 atom stereocenters. The second-order valence-corrected chi connectivity index (χ2v) is 9.83. The second kappa shape index (κ2) is 9.73. The number of carbonyl (C=O) groups is 1. The number of aromatic hydroxyl groups is 1. The summed E-state index contributed by atoms with van der Waals surface area (Å²) in [5, 5.41) is 10.4. The molecule has 1 heterocycles. The van der Waals surface area contributed by atoms with Gasteiger partial charge in [0.2, 0.25) is 0 Å². The molecular formula is C30H33FO4. The van der Waals surface area contributed by atoms with Crippen molar-refractivity contribution < 1.29 is 23.8 Å². The summed E-state index contributed by atoms with van der Waals surface area (Å²) < 4.78 is 26.8. The molecule has 1 N–H and O–H groups in total. The molecule has 4 rings (SSSR count). The number of hydrogen-bond acceptors (Lipinski definition) is 4. The zero-order valence-corrected chi connectivity index (χ0v) is 21.1. The summed E-state index contributed by atoms with van der Waals surface area (Å²) in [5.74, 6) is -0.151. The van der Waals surface area contributed by atoms with Crippen molar-refractivity contribution >= 4 is 5.97 Å². The maximum Gasteiger partial charge on any atom is 0.313 e. The maximum absolute atomic E-state index is 14.8. The van der Waals surface area contributed by atoms with Crippen LogP contribution in [-0.4, -0.2) is 23.3 Å². The minimum atomic E-state index is -0.578. The number of fused-ring (bicyclic) bond motifs is 1. The fourth-order valence-electron chi connectivity index (χ4n) is 4.75. The number of phenols is 1. The van der Waals surface area contributed by atoms with Gasteiger partial charge in [0, 0.05) is 17.5 Å². The number of ether oxygens (including phenoxy) is 2. The Balaban J connectivity index is 1.38. The molecule has 5 heteroatoms. The van der Waals surface area contributed by atoms with Gasteiger partial charge in [-0.15, -0.1) is 0 Å². The third-order valence-electron chi connectivity index (χ3n) is 7.40. The van der Waals surface area contributed by atoms with Gasteiger partial charge in [0.05, 0.1) is 12.5 Å². The maximum atomic E-state index is 14.8. The summed E-state index contributed by atoms with van der Waals surface area (Å²) in [6.07, 6.45) is 2.11. The van der Waals surface area contributed by atoms with Gasteiger partial charge >= 0.3 is 5.97 Å². The van der Waals surface area contributed by atoms with E-state index in [1.54, 1.807) is 19.1 Å². The number of rotatable bonds is 6. The van der Waals surface area contributed by atoms with Crippen LogP contribution >= 0.6 is 0 Å². The Kier molecular flexibility index (Phi) is 6.88. The Bertz CT molecular complexity index is 1250. The Hall–Kier alpha value is -3.34. The van der Waals surface area contributed by atoms with E-state index in [0.29, 0.717) is 23.3 Å². The van der Waals surface area contributed by atoms with E-state index in [2.05, 4.69) is 0 Å². The summed E-state index contributed by atoms with van der Waals surface area (Å²) >= 11 is 0. The van der Waals surface area contributed by atoms with E-state index in [1.165, 1.54) is 6.07 Å². The second-order valence-electron chi connectivity index (χ2n) is 9.83. The molecule has 184 valence electrons. The van der Waals surface area contributed by atoms with Crippen molar-refractivity contribution in [3.63, 3.8) is 0 Å². The van der Waals surface area contributed by atoms with Crippen molar-refractivity contribution in [3.8, 4) is 22.6 Å². The molecule has 1 aliphatic heterocycles. The molecule has 0 saturated carbocycles. The van der Waals surface area contributed by atoms with Gasteiger partial charge < -0.3 is 14.6 Å². The van der Waals surface area contributed by atoms with E-state index < -0.39 is 11.5 Å². The quantitative estimate of drug-likeness (QED) is 0.391. The predicted molar refractivity (Wildman–Crippen MR) is 135 cm³/mol. The fourth-order valence-corrected chi connectivity index (χ4v) is 4.75. The smallest absolute Gasteiger partial charge is 0.313 e. The number of esters is 1. The van der Waals surface area contributed by atoms with Gasteiger partial charge in [-0.1, -0.05) is 42.5 Å². The van der Waals surface area contributed by atoms with Crippen LogP contribution in [0.3, 0.4) is 0 Å². The van der Waals surface area contributed by atoms with Crippen LogP contribution in [0.1, 0.15) is 60.4 Å². The number of carbonyl (C=O) groups excluding carboxylic acids is 1. The molecule has 4 nitrogen and oxygen atoms in total. The Morgan fingerprint density at radius 2 is 1.83 bits per heavy atom. The topological polar surface area (TPSA) is 55.8 Å². The third kappa shape index (κ3) is 4.90. The molecule has 0 saturated heterocycles. The molecule has 0 aromatic heterocycles. The van der Waals surface area contributed by atoms with Gasteiger partial charge in [-0.2, -0.15) is 0 Å². The minimum Gasteiger partial charge on any atom is -0.507 e. The summed E-state index contributed by atoms with van der Waals surface area (Å²) in [6, 6.07) is 14.2. The molecule has 3 aromatic rings. The van der Waals surface area contributed by atoms with Crippen LogP contribution in [0, 0.1) is 26.6 Å². The Morgan fingerprint density at radius 3 is 2.51 bits per heavy atom. The zero-order chi connectivity index (χ0) is 25.3. The highest BCUT2D eigenvalue weighted by molar-refractivity contribution is 5.78. The summed E-state index contributed by atoms with van der Waals surface area (Å²) in [5.41, 5.74) is 5.11. The molecule has 0 spiro atoms. The molecule has 0 radical (unpaired) electrons. The fraction of sp³-hybridized carbons (Fsp3) is 0.367. The number of phenolic OH excluding ortho intramolecular Hbond substituents is 1. The standard InChI is InChI=1S/C30H33FO4/c1-18-19(2)28-24(21(4)27(18)32)13-14-30(5,35-28)15-16-34-29(33)20(3)23-11-12-25(26(31)17-23)22-9-7-6-8-10-22/h6-12,17,20,32H,13-16H2,1-5H3. The van der Waals surface area contributed by atoms with Crippen LogP contribution in [0.25, 0.3) is 11.1 Å². The lowest BCUT2D eigenvalue weighted by Gasteiger charge is -2.38. The van der Waals surface area contributed by atoms with Crippen molar-refractivity contribution in [2.75, 3.05) is 6.61 Å². The van der Waals surface area contributed by atoms with Gasteiger partial charge in [0.15, 0.2) is 0 Å². The third-order valence-corrected chi connectivity index (χ3v) is 7.40. The molecule has 0 amide bonds. The average molecular weight is 477 g/mol. The largest absolute Gasteiger partial charge is 0.507 e. The predicted octanol–water partition coefficient (Wildman–Crippen LogP) is 6.94. The monoisotopic (exact) mass is 476 g/mol. The first-order valence-corrected chi connectivity index (χ1v) is 12.1. The molecule has 0 bridgehead atoms. The molecule has 2 unspecified atom stereocenters. The lowest BCUT2D eigenvalue weighted by atomic mass is 9.86. The van der Waals surface area contributed by atoms with Crippen LogP contribution in [-0.2, 0) is 16.0 Å². The van der Waals surface area contributed by atoms with Crippen LogP contribution in [0.5, 0.6) is 11.5 Å². The summed E-state index contributed by atoms with van der Waals surface area (Å²) in [7, 11) is 0. The Labute approximate surface area is 206 Å². The molecule has 0 fully saturated rings. The van der Waals surface area contributed by atoms with E-state index in [9.17, 15) is 14.3 Å². The first kappa shape index (κ1) is 24.8. The van der Waals surface area contributed by atoms with E-state index in [0.717, 1.165) is 46.4 Å². The number of halogens is 1. The van der Waals surface area contributed by atoms with Gasteiger partial charge in [-0.25, -0.2) is 4.39 Å². The first-order chi connectivity index (χ1) is 16.6. The zero-order valence-electron chi connectivity index (χ0n) is 21.1. The van der Waals surface area contributed by atoms with E-state index in [1.807, 2.05) is 58.0 Å². The van der Waals surface area contributed by atoms with E-state index >= 15 is 0 Å². The molecule has 35 heavy (non-hydrogen) atoms. The van der Waals surface area contributed by atoms with Crippen LogP contribution < -0.4 is 4.74 Å². The highest BCUT2D eigenvalue weighted by Gasteiger charge is 2.35. The normalized spacial score (nSPS) is 17.9. The summed E-state index contributed by atoms with van der Waals surface area (Å²) in [4.78, 5) is 12.7. The number of benzene rings is 3. The van der Waals surface area contributed by atoms with Gasteiger partial charge in [-0.3, -0.25) is 4.79 Å². The van der Waals surface area contributed by atoms with Crippen LogP contribution in [0.15, 0.2) is 48.5 Å². The lowest BCUT2D eigenvalue weighted by molar-refractivity contribution is -0.146. The highest BCUT2D eigenvalue weighted by atomic mass is 19.1. The SMILES string of the molecule is Cc1c(C)c2c(c(C)c1O)CCC(C)(CCOC(=O)C(C)c1ccc(-c3ccccc3)c(F)c1)O2. The van der Waals surface area contributed by atoms with Crippen molar-refractivity contribution in [1.29, 1.82) is 0 Å².